The number of nitrogens with one attached hydrogen (secondary N) is 1. The topological polar surface area (TPSA) is 137 Å². The molecule has 1 aliphatic rings. The van der Waals surface area contributed by atoms with E-state index in [2.05, 4.69) is 39.3 Å². The predicted octanol–water partition coefficient (Wildman–Crippen LogP) is 5.72. The summed E-state index contributed by atoms with van der Waals surface area (Å²) in [6.07, 6.45) is 4.82. The molecule has 0 radical (unpaired) electrons. The molecule has 13 heteroatoms. The van der Waals surface area contributed by atoms with E-state index in [-0.39, 0.29) is 36.0 Å². The van der Waals surface area contributed by atoms with Gasteiger partial charge in [-0.15, -0.1) is 0 Å². The number of nitrogens with zero attached hydrogens (tertiary/aromatic N) is 6. The van der Waals surface area contributed by atoms with E-state index < -0.39 is 4.92 Å². The highest BCUT2D eigenvalue weighted by atomic mass is 16.6. The molecule has 0 spiro atoms. The van der Waals surface area contributed by atoms with Crippen LogP contribution >= 0.6 is 0 Å². The first-order chi connectivity index (χ1) is 21.8. The Morgan fingerprint density at radius 2 is 2.00 bits per heavy atom. The fourth-order valence-electron chi connectivity index (χ4n) is 5.25. The number of unbranched alkanes of at least 4 members (excludes halogenated alkanes) is 1. The summed E-state index contributed by atoms with van der Waals surface area (Å²) in [4.78, 5) is 37.1. The summed E-state index contributed by atoms with van der Waals surface area (Å²) >= 11 is 0. The second kappa shape index (κ2) is 14.8. The summed E-state index contributed by atoms with van der Waals surface area (Å²) in [7, 11) is 3.85. The molecule has 0 amide bonds. The standard InChI is InChI=1S/C32H39N7O6/c1-4-5-9-29(40)44-22-38-17-15-28-30(38)34-32(35-31(28)45-27-8-6-7-25(20-27)39(41)42)33-23-10-12-24(13-11-23)36(2)26-14-16-37(21-26)18-19-43-3/h6-8,10-13,15,17,20,26H,4-5,9,14,16,18-19,21-22H2,1-3H3,(H,33,34,35)/t26-/m0/s1. The summed E-state index contributed by atoms with van der Waals surface area (Å²) in [5.41, 5.74) is 2.25. The van der Waals surface area contributed by atoms with Gasteiger partial charge in [-0.05, 0) is 49.2 Å². The van der Waals surface area contributed by atoms with Crippen LogP contribution < -0.4 is 15.0 Å². The van der Waals surface area contributed by atoms with Crippen molar-refractivity contribution in [3.8, 4) is 11.6 Å². The number of ether oxygens (including phenoxy) is 3. The smallest absolute Gasteiger partial charge is 0.307 e. The van der Waals surface area contributed by atoms with Gasteiger partial charge in [0.25, 0.3) is 5.69 Å². The van der Waals surface area contributed by atoms with Crippen molar-refractivity contribution in [2.75, 3.05) is 50.6 Å². The molecule has 1 N–H and O–H groups in total. The van der Waals surface area contributed by atoms with E-state index in [1.807, 2.05) is 19.1 Å². The number of nitro groups is 1. The number of carbonyl (C=O) groups excluding carboxylic acids is 1. The third kappa shape index (κ3) is 8.05. The van der Waals surface area contributed by atoms with Crippen LogP contribution in [-0.4, -0.2) is 76.8 Å². The van der Waals surface area contributed by atoms with E-state index in [0.29, 0.717) is 23.5 Å². The molecular formula is C32H39N7O6. The van der Waals surface area contributed by atoms with Gasteiger partial charge in [-0.1, -0.05) is 19.4 Å². The molecule has 45 heavy (non-hydrogen) atoms. The number of esters is 1. The van der Waals surface area contributed by atoms with Crippen molar-refractivity contribution in [2.24, 2.45) is 0 Å². The molecule has 1 saturated heterocycles. The molecule has 2 aromatic carbocycles. The van der Waals surface area contributed by atoms with Crippen LogP contribution in [0.2, 0.25) is 0 Å². The Morgan fingerprint density at radius 3 is 2.76 bits per heavy atom. The van der Waals surface area contributed by atoms with E-state index in [1.54, 1.807) is 36.1 Å². The molecule has 2 aromatic heterocycles. The first kappa shape index (κ1) is 31.7. The fraction of sp³-hybridized carbons (Fsp3) is 0.406. The number of fused-ring (bicyclic) bond motifs is 1. The van der Waals surface area contributed by atoms with E-state index in [1.165, 1.54) is 12.1 Å². The van der Waals surface area contributed by atoms with Gasteiger partial charge in [-0.25, -0.2) is 0 Å². The average Bonchev–Trinajstić information content (AvgIpc) is 3.69. The Kier molecular flexibility index (Phi) is 10.4. The van der Waals surface area contributed by atoms with Crippen molar-refractivity contribution in [2.45, 2.75) is 45.4 Å². The number of methoxy groups -OCH3 is 1. The normalized spacial score (nSPS) is 14.9. The van der Waals surface area contributed by atoms with Gasteiger partial charge in [-0.2, -0.15) is 9.97 Å². The van der Waals surface area contributed by atoms with Gasteiger partial charge < -0.3 is 24.4 Å². The molecule has 0 aliphatic carbocycles. The van der Waals surface area contributed by atoms with Crippen molar-refractivity contribution in [1.82, 2.24) is 19.4 Å². The molecule has 0 unspecified atom stereocenters. The van der Waals surface area contributed by atoms with Gasteiger partial charge in [0.15, 0.2) is 12.4 Å². The Hall–Kier alpha value is -4.75. The summed E-state index contributed by atoms with van der Waals surface area (Å²) in [5, 5.41) is 15.1. The van der Waals surface area contributed by atoms with E-state index in [4.69, 9.17) is 19.2 Å². The molecule has 1 atom stereocenters. The molecular weight excluding hydrogens is 578 g/mol. The van der Waals surface area contributed by atoms with Gasteiger partial charge in [0.2, 0.25) is 11.8 Å². The molecule has 0 saturated carbocycles. The Bertz CT molecular complexity index is 1610. The maximum Gasteiger partial charge on any atom is 0.307 e. The van der Waals surface area contributed by atoms with Crippen molar-refractivity contribution in [3.05, 3.63) is 70.9 Å². The third-order valence-corrected chi connectivity index (χ3v) is 7.86. The summed E-state index contributed by atoms with van der Waals surface area (Å²) in [5.74, 6) is 0.430. The largest absolute Gasteiger partial charge is 0.444 e. The minimum absolute atomic E-state index is 0.0240. The number of aromatic nitrogens is 3. The highest BCUT2D eigenvalue weighted by molar-refractivity contribution is 5.83. The number of anilines is 3. The zero-order chi connectivity index (χ0) is 31.8. The van der Waals surface area contributed by atoms with Gasteiger partial charge >= 0.3 is 5.97 Å². The maximum absolute atomic E-state index is 12.2. The average molecular weight is 618 g/mol. The minimum Gasteiger partial charge on any atom is -0.444 e. The van der Waals surface area contributed by atoms with Crippen molar-refractivity contribution in [3.63, 3.8) is 0 Å². The first-order valence-corrected chi connectivity index (χ1v) is 15.1. The zero-order valence-corrected chi connectivity index (χ0v) is 25.8. The predicted molar refractivity (Wildman–Crippen MR) is 171 cm³/mol. The van der Waals surface area contributed by atoms with Crippen LogP contribution in [0.25, 0.3) is 11.0 Å². The lowest BCUT2D eigenvalue weighted by molar-refractivity contribution is -0.384. The van der Waals surface area contributed by atoms with Gasteiger partial charge in [-0.3, -0.25) is 24.4 Å². The third-order valence-electron chi connectivity index (χ3n) is 7.86. The van der Waals surface area contributed by atoms with Crippen LogP contribution in [-0.2, 0) is 21.0 Å². The number of rotatable bonds is 15. The number of hydrogen-bond acceptors (Lipinski definition) is 11. The molecule has 4 aromatic rings. The monoisotopic (exact) mass is 617 g/mol. The lowest BCUT2D eigenvalue weighted by atomic mass is 10.2. The number of likely N-dealkylation sites (N-methyl/N-ethyl adjacent to an activating group) is 1. The number of non-ortho nitro benzene ring substituents is 1. The van der Waals surface area contributed by atoms with E-state index in [0.717, 1.165) is 56.9 Å². The van der Waals surface area contributed by atoms with Gasteiger partial charge in [0.1, 0.15) is 5.75 Å². The van der Waals surface area contributed by atoms with Crippen molar-refractivity contribution < 1.29 is 23.9 Å². The molecule has 238 valence electrons. The first-order valence-electron chi connectivity index (χ1n) is 15.1. The van der Waals surface area contributed by atoms with Crippen LogP contribution in [0.15, 0.2) is 60.8 Å². The molecule has 1 fully saturated rings. The summed E-state index contributed by atoms with van der Waals surface area (Å²) < 4.78 is 18.5. The molecule has 13 nitrogen and oxygen atoms in total. The summed E-state index contributed by atoms with van der Waals surface area (Å²) in [6, 6.07) is 16.1. The SMILES string of the molecule is CCCCC(=O)OCn1ccc2c(Oc3cccc([N+](=O)[O-])c3)nc(Nc3ccc(N(C)[C@H]4CCN(CCOC)C4)cc3)nc21. The van der Waals surface area contributed by atoms with Crippen molar-refractivity contribution in [1.29, 1.82) is 0 Å². The highest BCUT2D eigenvalue weighted by Crippen LogP contribution is 2.32. The number of carbonyl (C=O) groups is 1. The molecule has 1 aliphatic heterocycles. The zero-order valence-electron chi connectivity index (χ0n) is 25.8. The molecule has 5 rings (SSSR count). The summed E-state index contributed by atoms with van der Waals surface area (Å²) in [6.45, 7) is 5.71. The van der Waals surface area contributed by atoms with Gasteiger partial charge in [0, 0.05) is 69.9 Å². The van der Waals surface area contributed by atoms with Crippen LogP contribution in [0.4, 0.5) is 23.0 Å². The van der Waals surface area contributed by atoms with Gasteiger partial charge in [0.05, 0.1) is 23.0 Å². The van der Waals surface area contributed by atoms with Crippen LogP contribution in [0.3, 0.4) is 0 Å². The van der Waals surface area contributed by atoms with E-state index >= 15 is 0 Å². The fourth-order valence-corrected chi connectivity index (χ4v) is 5.25. The van der Waals surface area contributed by atoms with Crippen molar-refractivity contribution >= 4 is 40.0 Å². The van der Waals surface area contributed by atoms with E-state index in [9.17, 15) is 14.9 Å². The van der Waals surface area contributed by atoms with Crippen LogP contribution in [0.1, 0.15) is 32.6 Å². The minimum atomic E-state index is -0.482. The number of benzene rings is 2. The quantitative estimate of drug-likeness (QED) is 0.0995. The second-order valence-corrected chi connectivity index (χ2v) is 11.0. The number of nitro benzene ring substituents is 1. The second-order valence-electron chi connectivity index (χ2n) is 11.0. The number of hydrogen-bond donors (Lipinski definition) is 1. The highest BCUT2D eigenvalue weighted by Gasteiger charge is 2.25. The van der Waals surface area contributed by atoms with Crippen LogP contribution in [0.5, 0.6) is 11.6 Å². The Labute approximate surface area is 261 Å². The molecule has 3 heterocycles. The maximum atomic E-state index is 12.2. The Balaban J connectivity index is 1.37. The Morgan fingerprint density at radius 1 is 1.18 bits per heavy atom. The number of likely N-dealkylation sites (tertiary alicyclic amines) is 1. The van der Waals surface area contributed by atoms with Crippen LogP contribution in [0, 0.1) is 10.1 Å². The lowest BCUT2D eigenvalue weighted by Gasteiger charge is -2.27. The molecule has 0 bridgehead atoms. The lowest BCUT2D eigenvalue weighted by Crippen LogP contribution is -2.35.